The van der Waals surface area contributed by atoms with Gasteiger partial charge in [-0.3, -0.25) is 9.69 Å². The number of carbonyl (C=O) groups excluding carboxylic acids is 1. The highest BCUT2D eigenvalue weighted by atomic mass is 32.2. The first kappa shape index (κ1) is 25.9. The SMILES string of the molecule is CO.COc1cc2c(cc1OCC=O)C1Cc3ccc(OC)c(OSc4ccccc4)c3CN1CC2. The van der Waals surface area contributed by atoms with E-state index in [0.717, 1.165) is 55.7 Å². The van der Waals surface area contributed by atoms with Crippen LogP contribution in [-0.2, 0) is 24.2 Å². The third-order valence-corrected chi connectivity index (χ3v) is 7.20. The maximum absolute atomic E-state index is 10.9. The van der Waals surface area contributed by atoms with Gasteiger partial charge in [0.2, 0.25) is 0 Å². The molecule has 190 valence electrons. The van der Waals surface area contributed by atoms with E-state index in [1.165, 1.54) is 34.3 Å². The molecule has 0 radical (unpaired) electrons. The summed E-state index contributed by atoms with van der Waals surface area (Å²) in [6.45, 7) is 1.72. The molecule has 2 heterocycles. The zero-order valence-electron chi connectivity index (χ0n) is 20.7. The summed E-state index contributed by atoms with van der Waals surface area (Å²) >= 11 is 1.35. The van der Waals surface area contributed by atoms with Crippen LogP contribution in [0.3, 0.4) is 0 Å². The van der Waals surface area contributed by atoms with Gasteiger partial charge in [-0.05, 0) is 59.9 Å². The third-order valence-electron chi connectivity index (χ3n) is 6.48. The van der Waals surface area contributed by atoms with Crippen molar-refractivity contribution in [2.24, 2.45) is 0 Å². The van der Waals surface area contributed by atoms with Gasteiger partial charge in [0.15, 0.2) is 29.3 Å². The van der Waals surface area contributed by atoms with Crippen LogP contribution in [0.4, 0.5) is 0 Å². The molecule has 0 aromatic heterocycles. The summed E-state index contributed by atoms with van der Waals surface area (Å²) in [5.41, 5.74) is 4.93. The minimum absolute atomic E-state index is 0.00589. The second kappa shape index (κ2) is 12.2. The molecule has 1 N–H and O–H groups in total. The Balaban J connectivity index is 0.00000148. The molecule has 2 aliphatic rings. The van der Waals surface area contributed by atoms with Crippen LogP contribution in [0, 0.1) is 0 Å². The van der Waals surface area contributed by atoms with Crippen LogP contribution in [0.2, 0.25) is 0 Å². The summed E-state index contributed by atoms with van der Waals surface area (Å²) in [7, 11) is 4.31. The summed E-state index contributed by atoms with van der Waals surface area (Å²) in [6.07, 6.45) is 2.53. The Morgan fingerprint density at radius 3 is 2.50 bits per heavy atom. The van der Waals surface area contributed by atoms with Gasteiger partial charge in [0.05, 0.1) is 26.3 Å². The number of aldehydes is 1. The van der Waals surface area contributed by atoms with Gasteiger partial charge in [-0.1, -0.05) is 24.3 Å². The number of ether oxygens (including phenoxy) is 3. The van der Waals surface area contributed by atoms with E-state index in [1.807, 2.05) is 42.5 Å². The first-order chi connectivity index (χ1) is 17.7. The number of hydrogen-bond acceptors (Lipinski definition) is 8. The molecule has 7 nitrogen and oxygen atoms in total. The normalized spacial score (nSPS) is 15.8. The summed E-state index contributed by atoms with van der Waals surface area (Å²) in [5.74, 6) is 2.82. The number of aliphatic hydroxyl groups excluding tert-OH is 1. The van der Waals surface area contributed by atoms with Crippen LogP contribution in [-0.4, -0.2) is 50.8 Å². The zero-order valence-corrected chi connectivity index (χ0v) is 21.5. The smallest absolute Gasteiger partial charge is 0.184 e. The number of nitrogens with zero attached hydrogens (tertiary/aromatic N) is 1. The number of aliphatic hydroxyl groups is 1. The van der Waals surface area contributed by atoms with Crippen molar-refractivity contribution in [3.8, 4) is 23.0 Å². The van der Waals surface area contributed by atoms with Crippen LogP contribution in [0.25, 0.3) is 0 Å². The molecule has 5 rings (SSSR count). The lowest BCUT2D eigenvalue weighted by molar-refractivity contribution is -0.109. The average Bonchev–Trinajstić information content (AvgIpc) is 2.94. The van der Waals surface area contributed by atoms with Gasteiger partial charge in [-0.2, -0.15) is 0 Å². The Bertz CT molecular complexity index is 1190. The van der Waals surface area contributed by atoms with E-state index in [1.54, 1.807) is 14.2 Å². The molecule has 1 atom stereocenters. The average molecular weight is 510 g/mol. The Hall–Kier alpha value is -3.20. The molecule has 0 amide bonds. The molecule has 0 bridgehead atoms. The number of benzene rings is 3. The van der Waals surface area contributed by atoms with Crippen molar-refractivity contribution >= 4 is 18.3 Å². The van der Waals surface area contributed by atoms with Crippen molar-refractivity contribution in [1.29, 1.82) is 0 Å². The molecule has 1 unspecified atom stereocenters. The quantitative estimate of drug-likeness (QED) is 0.348. The molecule has 3 aromatic rings. The third kappa shape index (κ3) is 5.31. The van der Waals surface area contributed by atoms with E-state index in [2.05, 4.69) is 17.0 Å². The summed E-state index contributed by atoms with van der Waals surface area (Å²) < 4.78 is 23.1. The Kier molecular flexibility index (Phi) is 8.74. The molecule has 2 aliphatic heterocycles. The van der Waals surface area contributed by atoms with Crippen LogP contribution in [0.15, 0.2) is 59.5 Å². The van der Waals surface area contributed by atoms with Gasteiger partial charge in [-0.15, -0.1) is 0 Å². The van der Waals surface area contributed by atoms with Gasteiger partial charge in [0, 0.05) is 36.7 Å². The van der Waals surface area contributed by atoms with E-state index in [0.29, 0.717) is 11.5 Å². The lowest BCUT2D eigenvalue weighted by Gasteiger charge is -2.42. The van der Waals surface area contributed by atoms with Crippen LogP contribution in [0.5, 0.6) is 23.0 Å². The molecular formula is C28H31NO6S. The number of carbonyl (C=O) groups is 1. The maximum atomic E-state index is 10.9. The Labute approximate surface area is 216 Å². The molecule has 0 spiro atoms. The molecular weight excluding hydrogens is 478 g/mol. The number of fused-ring (bicyclic) bond motifs is 4. The Morgan fingerprint density at radius 1 is 1.00 bits per heavy atom. The van der Waals surface area contributed by atoms with Crippen molar-refractivity contribution < 1.29 is 28.3 Å². The zero-order chi connectivity index (χ0) is 25.5. The molecule has 3 aromatic carbocycles. The maximum Gasteiger partial charge on any atom is 0.184 e. The van der Waals surface area contributed by atoms with E-state index < -0.39 is 0 Å². The number of methoxy groups -OCH3 is 2. The van der Waals surface area contributed by atoms with Gasteiger partial charge >= 0.3 is 0 Å². The van der Waals surface area contributed by atoms with E-state index in [9.17, 15) is 4.79 Å². The fraction of sp³-hybridized carbons (Fsp3) is 0.321. The molecule has 8 heteroatoms. The predicted molar refractivity (Wildman–Crippen MR) is 139 cm³/mol. The standard InChI is InChI=1S/C27H27NO5S.CH4O/c1-30-24-9-8-18-14-23-21-16-26(32-13-12-29)25(31-2)15-19(21)10-11-28(23)17-22(18)27(24)33-34-20-6-4-3-5-7-20;1-2/h3-9,12,15-16,23H,10-11,13-14,17H2,1-2H3;2H,1H3. The second-order valence-corrected chi connectivity index (χ2v) is 9.14. The van der Waals surface area contributed by atoms with Crippen molar-refractivity contribution in [2.45, 2.75) is 30.3 Å². The molecule has 0 fully saturated rings. The van der Waals surface area contributed by atoms with Crippen LogP contribution < -0.4 is 18.4 Å². The second-order valence-electron chi connectivity index (χ2n) is 8.33. The van der Waals surface area contributed by atoms with Crippen molar-refractivity contribution in [3.63, 3.8) is 0 Å². The lowest BCUT2D eigenvalue weighted by Crippen LogP contribution is -2.39. The topological polar surface area (TPSA) is 77.5 Å². The fourth-order valence-corrected chi connectivity index (χ4v) is 5.46. The van der Waals surface area contributed by atoms with Gasteiger partial charge < -0.3 is 23.5 Å². The minimum atomic E-state index is 0.00589. The molecule has 36 heavy (non-hydrogen) atoms. The van der Waals surface area contributed by atoms with Gasteiger partial charge in [-0.25, -0.2) is 0 Å². The van der Waals surface area contributed by atoms with Crippen molar-refractivity contribution in [3.05, 3.63) is 76.9 Å². The Morgan fingerprint density at radius 2 is 1.78 bits per heavy atom. The van der Waals surface area contributed by atoms with E-state index in [4.69, 9.17) is 23.5 Å². The molecule has 0 saturated carbocycles. The summed E-state index contributed by atoms with van der Waals surface area (Å²) in [4.78, 5) is 14.4. The molecule has 0 aliphatic carbocycles. The molecule has 0 saturated heterocycles. The lowest BCUT2D eigenvalue weighted by atomic mass is 9.83. The van der Waals surface area contributed by atoms with Gasteiger partial charge in [0.1, 0.15) is 6.61 Å². The fourth-order valence-electron chi connectivity index (χ4n) is 4.83. The largest absolute Gasteiger partial charge is 0.493 e. The first-order valence-corrected chi connectivity index (χ1v) is 12.5. The monoisotopic (exact) mass is 509 g/mol. The summed E-state index contributed by atoms with van der Waals surface area (Å²) in [5, 5.41) is 7.00. The minimum Gasteiger partial charge on any atom is -0.493 e. The predicted octanol–water partition coefficient (Wildman–Crippen LogP) is 4.63. The van der Waals surface area contributed by atoms with Crippen LogP contribution >= 0.6 is 12.0 Å². The van der Waals surface area contributed by atoms with E-state index >= 15 is 0 Å². The van der Waals surface area contributed by atoms with Crippen LogP contribution in [0.1, 0.15) is 28.3 Å². The highest BCUT2D eigenvalue weighted by Crippen LogP contribution is 2.46. The highest BCUT2D eigenvalue weighted by molar-refractivity contribution is 7.95. The van der Waals surface area contributed by atoms with Crippen molar-refractivity contribution in [1.82, 2.24) is 4.90 Å². The summed E-state index contributed by atoms with van der Waals surface area (Å²) in [6, 6.07) is 18.5. The van der Waals surface area contributed by atoms with Gasteiger partial charge in [0.25, 0.3) is 0 Å². The van der Waals surface area contributed by atoms with Crippen molar-refractivity contribution in [2.75, 3.05) is 34.5 Å². The number of hydrogen-bond donors (Lipinski definition) is 1. The first-order valence-electron chi connectivity index (χ1n) is 11.8. The van der Waals surface area contributed by atoms with E-state index in [-0.39, 0.29) is 12.6 Å². The highest BCUT2D eigenvalue weighted by Gasteiger charge is 2.35. The number of rotatable bonds is 8.